The summed E-state index contributed by atoms with van der Waals surface area (Å²) in [6.45, 7) is 0.0859. The standard InChI is InChI=1S/C15H12ClFNO6P/c16-14-9-10(17)1-6-13(14)15-7-8-22-25(21,24-15)23-12-4-2-11(3-5-12)18(19)20/h1-6,9,15H,7-8H2/t15-,25-/m0/s1. The van der Waals surface area contributed by atoms with Crippen LogP contribution < -0.4 is 4.52 Å². The zero-order valence-corrected chi connectivity index (χ0v) is 14.3. The molecule has 7 nitrogen and oxygen atoms in total. The molecule has 0 aromatic heterocycles. The van der Waals surface area contributed by atoms with Crippen molar-refractivity contribution >= 4 is 25.1 Å². The van der Waals surface area contributed by atoms with Gasteiger partial charge in [0.15, 0.2) is 0 Å². The first-order valence-corrected chi connectivity index (χ1v) is 9.02. The summed E-state index contributed by atoms with van der Waals surface area (Å²) in [7, 11) is -3.95. The van der Waals surface area contributed by atoms with Crippen molar-refractivity contribution in [3.05, 3.63) is 69.0 Å². The molecule has 2 aromatic carbocycles. The number of nitro benzene ring substituents is 1. The van der Waals surface area contributed by atoms with Crippen molar-refractivity contribution in [3.8, 4) is 5.75 Å². The fourth-order valence-electron chi connectivity index (χ4n) is 2.29. The van der Waals surface area contributed by atoms with Gasteiger partial charge in [0.25, 0.3) is 5.69 Å². The van der Waals surface area contributed by atoms with Gasteiger partial charge in [0.2, 0.25) is 0 Å². The first kappa shape index (κ1) is 17.8. The summed E-state index contributed by atoms with van der Waals surface area (Å²) in [6, 6.07) is 8.81. The minimum Gasteiger partial charge on any atom is -0.404 e. The maximum atomic E-state index is 13.2. The number of hydrogen-bond acceptors (Lipinski definition) is 6. The Morgan fingerprint density at radius 2 is 2.00 bits per heavy atom. The van der Waals surface area contributed by atoms with Crippen molar-refractivity contribution < 1.29 is 27.5 Å². The number of phosphoric ester groups is 1. The van der Waals surface area contributed by atoms with E-state index in [-0.39, 0.29) is 23.1 Å². The highest BCUT2D eigenvalue weighted by Crippen LogP contribution is 2.57. The lowest BCUT2D eigenvalue weighted by Gasteiger charge is -2.29. The molecule has 132 valence electrons. The largest absolute Gasteiger partial charge is 0.530 e. The lowest BCUT2D eigenvalue weighted by molar-refractivity contribution is -0.384. The van der Waals surface area contributed by atoms with Crippen LogP contribution in [0, 0.1) is 15.9 Å². The van der Waals surface area contributed by atoms with Gasteiger partial charge in [-0.15, -0.1) is 0 Å². The predicted octanol–water partition coefficient (Wildman–Crippen LogP) is 5.05. The maximum Gasteiger partial charge on any atom is 0.530 e. The molecule has 0 N–H and O–H groups in total. The van der Waals surface area contributed by atoms with E-state index < -0.39 is 24.7 Å². The Bertz CT molecular complexity index is 846. The minimum atomic E-state index is -3.95. The average molecular weight is 388 g/mol. The molecule has 1 fully saturated rings. The van der Waals surface area contributed by atoms with Crippen LogP contribution in [0.2, 0.25) is 5.02 Å². The number of benzene rings is 2. The Hall–Kier alpha value is -1.99. The third kappa shape index (κ3) is 4.16. The molecule has 0 saturated carbocycles. The van der Waals surface area contributed by atoms with Crippen LogP contribution in [-0.2, 0) is 13.6 Å². The van der Waals surface area contributed by atoms with E-state index in [9.17, 15) is 19.1 Å². The Kier molecular flexibility index (Phi) is 5.06. The molecule has 1 aliphatic rings. The van der Waals surface area contributed by atoms with Crippen LogP contribution in [0.3, 0.4) is 0 Å². The van der Waals surface area contributed by atoms with Crippen LogP contribution in [0.15, 0.2) is 42.5 Å². The summed E-state index contributed by atoms with van der Waals surface area (Å²) >= 11 is 6.01. The molecule has 1 heterocycles. The highest BCUT2D eigenvalue weighted by Gasteiger charge is 2.38. The molecule has 3 rings (SSSR count). The predicted molar refractivity (Wildman–Crippen MR) is 87.1 cm³/mol. The van der Waals surface area contributed by atoms with Crippen molar-refractivity contribution in [1.82, 2.24) is 0 Å². The van der Waals surface area contributed by atoms with Crippen molar-refractivity contribution in [3.63, 3.8) is 0 Å². The van der Waals surface area contributed by atoms with Gasteiger partial charge in [0.1, 0.15) is 11.6 Å². The molecule has 0 spiro atoms. The Morgan fingerprint density at radius 1 is 1.28 bits per heavy atom. The maximum absolute atomic E-state index is 13.2. The monoisotopic (exact) mass is 387 g/mol. The summed E-state index contributed by atoms with van der Waals surface area (Å²) in [5.74, 6) is -0.397. The van der Waals surface area contributed by atoms with Crippen molar-refractivity contribution in [2.45, 2.75) is 12.5 Å². The van der Waals surface area contributed by atoms with E-state index in [0.717, 1.165) is 6.07 Å². The fourth-order valence-corrected chi connectivity index (χ4v) is 3.98. The second kappa shape index (κ2) is 7.09. The Balaban J connectivity index is 1.77. The quantitative estimate of drug-likeness (QED) is 0.414. The third-order valence-corrected chi connectivity index (χ3v) is 5.23. The van der Waals surface area contributed by atoms with Crippen molar-refractivity contribution in [1.29, 1.82) is 0 Å². The van der Waals surface area contributed by atoms with Crippen LogP contribution in [-0.4, -0.2) is 11.5 Å². The van der Waals surface area contributed by atoms with E-state index >= 15 is 0 Å². The van der Waals surface area contributed by atoms with Crippen LogP contribution in [0.25, 0.3) is 0 Å². The topological polar surface area (TPSA) is 87.9 Å². The fraction of sp³-hybridized carbons (Fsp3) is 0.200. The van der Waals surface area contributed by atoms with Crippen LogP contribution in [0.1, 0.15) is 18.1 Å². The van der Waals surface area contributed by atoms with E-state index in [1.807, 2.05) is 0 Å². The van der Waals surface area contributed by atoms with E-state index in [1.54, 1.807) is 0 Å². The third-order valence-electron chi connectivity index (χ3n) is 3.46. The van der Waals surface area contributed by atoms with Crippen molar-refractivity contribution in [2.75, 3.05) is 6.61 Å². The van der Waals surface area contributed by atoms with Crippen LogP contribution >= 0.6 is 19.4 Å². The number of nitro groups is 1. The smallest absolute Gasteiger partial charge is 0.404 e. The molecular weight excluding hydrogens is 376 g/mol. The molecule has 0 aliphatic carbocycles. The highest BCUT2D eigenvalue weighted by molar-refractivity contribution is 7.49. The molecule has 10 heteroatoms. The first-order chi connectivity index (χ1) is 11.9. The van der Waals surface area contributed by atoms with E-state index in [2.05, 4.69) is 0 Å². The zero-order chi connectivity index (χ0) is 18.0. The molecule has 0 bridgehead atoms. The normalized spacial score (nSPS) is 23.2. The number of non-ortho nitro benzene ring substituents is 1. The average Bonchev–Trinajstić information content (AvgIpc) is 2.55. The minimum absolute atomic E-state index is 0.0859. The summed E-state index contributed by atoms with van der Waals surface area (Å²) in [5.41, 5.74) is 0.339. The molecule has 1 aliphatic heterocycles. The first-order valence-electron chi connectivity index (χ1n) is 7.18. The van der Waals surface area contributed by atoms with Gasteiger partial charge in [-0.3, -0.25) is 19.2 Å². The zero-order valence-electron chi connectivity index (χ0n) is 12.6. The highest BCUT2D eigenvalue weighted by atomic mass is 35.5. The van der Waals surface area contributed by atoms with Gasteiger partial charge in [-0.05, 0) is 24.3 Å². The van der Waals surface area contributed by atoms with Crippen LogP contribution in [0.4, 0.5) is 10.1 Å². The molecule has 0 unspecified atom stereocenters. The van der Waals surface area contributed by atoms with Gasteiger partial charge in [-0.2, -0.15) is 0 Å². The van der Waals surface area contributed by atoms with Gasteiger partial charge in [0.05, 0.1) is 17.6 Å². The molecule has 0 radical (unpaired) electrons. The van der Waals surface area contributed by atoms with Gasteiger partial charge >= 0.3 is 7.82 Å². The van der Waals surface area contributed by atoms with E-state index in [1.165, 1.54) is 36.4 Å². The van der Waals surface area contributed by atoms with Gasteiger partial charge in [-0.25, -0.2) is 8.96 Å². The molecular formula is C15H12ClFNO6P. The summed E-state index contributed by atoms with van der Waals surface area (Å²) in [5, 5.41) is 10.8. The SMILES string of the molecule is O=[N+]([O-])c1ccc(O[P@]2(=O)OCC[C@@H](c3ccc(F)cc3Cl)O2)cc1. The van der Waals surface area contributed by atoms with E-state index in [0.29, 0.717) is 12.0 Å². The molecule has 1 saturated heterocycles. The van der Waals surface area contributed by atoms with Gasteiger partial charge < -0.3 is 4.52 Å². The summed E-state index contributed by atoms with van der Waals surface area (Å²) in [6.07, 6.45) is -0.329. The van der Waals surface area contributed by atoms with Crippen LogP contribution in [0.5, 0.6) is 5.75 Å². The lowest BCUT2D eigenvalue weighted by Crippen LogP contribution is -2.17. The Morgan fingerprint density at radius 3 is 2.64 bits per heavy atom. The second-order valence-electron chi connectivity index (χ2n) is 5.17. The summed E-state index contributed by atoms with van der Waals surface area (Å²) in [4.78, 5) is 10.1. The van der Waals surface area contributed by atoms with Gasteiger partial charge in [0, 0.05) is 29.1 Å². The molecule has 25 heavy (non-hydrogen) atoms. The number of nitrogens with zero attached hydrogens (tertiary/aromatic N) is 1. The number of hydrogen-bond donors (Lipinski definition) is 0. The number of halogens is 2. The Labute approximate surface area is 147 Å². The molecule has 2 atom stereocenters. The van der Waals surface area contributed by atoms with Crippen molar-refractivity contribution in [2.24, 2.45) is 0 Å². The van der Waals surface area contributed by atoms with E-state index in [4.69, 9.17) is 25.2 Å². The number of rotatable bonds is 4. The summed E-state index contributed by atoms with van der Waals surface area (Å²) < 4.78 is 41.7. The van der Waals surface area contributed by atoms with Gasteiger partial charge in [-0.1, -0.05) is 17.7 Å². The molecule has 2 aromatic rings. The lowest BCUT2D eigenvalue weighted by atomic mass is 10.1. The molecule has 0 amide bonds. The number of phosphoric acid groups is 1. The second-order valence-corrected chi connectivity index (χ2v) is 7.12.